The van der Waals surface area contributed by atoms with Crippen LogP contribution in [0.3, 0.4) is 0 Å². The minimum atomic E-state index is 0.624. The maximum atomic E-state index is 6.04. The van der Waals surface area contributed by atoms with Crippen molar-refractivity contribution in [1.29, 1.82) is 0 Å². The highest BCUT2D eigenvalue weighted by molar-refractivity contribution is 9.10. The number of fused-ring (bicyclic) bond motifs is 1. The number of pyridine rings is 1. The molecule has 80 valence electrons. The third-order valence-corrected chi connectivity index (χ3v) is 2.98. The summed E-state index contributed by atoms with van der Waals surface area (Å²) in [5.41, 5.74) is 1.49. The van der Waals surface area contributed by atoms with Crippen LogP contribution in [0.4, 0.5) is 0 Å². The first-order chi connectivity index (χ1) is 7.74. The Morgan fingerprint density at radius 2 is 2.19 bits per heavy atom. The predicted octanol–water partition coefficient (Wildman–Crippen LogP) is 4.01. The molecule has 0 aliphatic rings. The van der Waals surface area contributed by atoms with E-state index in [-0.39, 0.29) is 0 Å². The molecule has 16 heavy (non-hydrogen) atoms. The predicted molar refractivity (Wildman–Crippen MR) is 65.6 cm³/mol. The third kappa shape index (κ3) is 1.54. The van der Waals surface area contributed by atoms with Gasteiger partial charge >= 0.3 is 0 Å². The molecule has 0 aliphatic carbocycles. The van der Waals surface area contributed by atoms with Crippen LogP contribution in [0.25, 0.3) is 17.1 Å². The SMILES string of the molecule is Clc1cccn2cc(-c3ccc(Br)o3)nc12. The van der Waals surface area contributed by atoms with Crippen molar-refractivity contribution in [3.05, 3.63) is 46.4 Å². The number of aromatic nitrogens is 2. The molecule has 5 heteroatoms. The molecule has 0 radical (unpaired) electrons. The lowest BCUT2D eigenvalue weighted by atomic mass is 10.4. The van der Waals surface area contributed by atoms with Crippen molar-refractivity contribution >= 4 is 33.2 Å². The van der Waals surface area contributed by atoms with E-state index in [0.717, 1.165) is 11.3 Å². The highest BCUT2D eigenvalue weighted by atomic mass is 79.9. The number of furan rings is 1. The minimum absolute atomic E-state index is 0.624. The molecule has 0 spiro atoms. The molecule has 3 nitrogen and oxygen atoms in total. The second-order valence-corrected chi connectivity index (χ2v) is 4.51. The Hall–Kier alpha value is -1.26. The van der Waals surface area contributed by atoms with Crippen LogP contribution in [0, 0.1) is 0 Å². The fourth-order valence-electron chi connectivity index (χ4n) is 1.55. The molecule has 0 atom stereocenters. The molecule has 0 amide bonds. The monoisotopic (exact) mass is 296 g/mol. The van der Waals surface area contributed by atoms with Crippen LogP contribution in [-0.2, 0) is 0 Å². The summed E-state index contributed by atoms with van der Waals surface area (Å²) in [6, 6.07) is 7.38. The van der Waals surface area contributed by atoms with E-state index in [1.54, 1.807) is 0 Å². The molecule has 0 aliphatic heterocycles. The fraction of sp³-hybridized carbons (Fsp3) is 0. The van der Waals surface area contributed by atoms with Gasteiger partial charge in [-0.15, -0.1) is 0 Å². The highest BCUT2D eigenvalue weighted by Gasteiger charge is 2.09. The van der Waals surface area contributed by atoms with Crippen molar-refractivity contribution in [2.45, 2.75) is 0 Å². The number of rotatable bonds is 1. The van der Waals surface area contributed by atoms with Gasteiger partial charge in [-0.1, -0.05) is 11.6 Å². The van der Waals surface area contributed by atoms with Gasteiger partial charge in [-0.2, -0.15) is 0 Å². The van der Waals surface area contributed by atoms with Gasteiger partial charge in [-0.05, 0) is 40.2 Å². The molecule has 0 N–H and O–H groups in total. The Balaban J connectivity index is 2.22. The topological polar surface area (TPSA) is 30.4 Å². The molecule has 0 fully saturated rings. The molecule has 0 saturated heterocycles. The second kappa shape index (κ2) is 3.64. The number of nitrogens with zero attached hydrogens (tertiary/aromatic N) is 2. The summed E-state index contributed by atoms with van der Waals surface area (Å²) in [6.45, 7) is 0. The smallest absolute Gasteiger partial charge is 0.169 e. The summed E-state index contributed by atoms with van der Waals surface area (Å²) in [5, 5.41) is 0.624. The Labute approximate surface area is 105 Å². The summed E-state index contributed by atoms with van der Waals surface area (Å²) >= 11 is 9.30. The van der Waals surface area contributed by atoms with Crippen molar-refractivity contribution in [2.75, 3.05) is 0 Å². The van der Waals surface area contributed by atoms with Crippen LogP contribution in [0.1, 0.15) is 0 Å². The van der Waals surface area contributed by atoms with Crippen LogP contribution < -0.4 is 0 Å². The zero-order valence-electron chi connectivity index (χ0n) is 8.02. The van der Waals surface area contributed by atoms with Gasteiger partial charge in [-0.25, -0.2) is 4.98 Å². The molecule has 0 bridgehead atoms. The van der Waals surface area contributed by atoms with Gasteiger partial charge in [0.05, 0.1) is 5.02 Å². The quantitative estimate of drug-likeness (QED) is 0.679. The van der Waals surface area contributed by atoms with E-state index in [9.17, 15) is 0 Å². The molecule has 3 aromatic heterocycles. The molecular formula is C11H6BrClN2O. The average molecular weight is 298 g/mol. The molecule has 0 unspecified atom stereocenters. The Morgan fingerprint density at radius 3 is 2.88 bits per heavy atom. The summed E-state index contributed by atoms with van der Waals surface area (Å²) in [6.07, 6.45) is 3.78. The fourth-order valence-corrected chi connectivity index (χ4v) is 2.07. The van der Waals surface area contributed by atoms with Crippen molar-refractivity contribution in [3.63, 3.8) is 0 Å². The van der Waals surface area contributed by atoms with E-state index < -0.39 is 0 Å². The Morgan fingerprint density at radius 1 is 1.31 bits per heavy atom. The minimum Gasteiger partial charge on any atom is -0.448 e. The highest BCUT2D eigenvalue weighted by Crippen LogP contribution is 2.26. The summed E-state index contributed by atoms with van der Waals surface area (Å²) < 4.78 is 7.99. The average Bonchev–Trinajstić information content (AvgIpc) is 2.84. The van der Waals surface area contributed by atoms with Gasteiger partial charge in [0.2, 0.25) is 0 Å². The van der Waals surface area contributed by atoms with E-state index in [0.29, 0.717) is 15.5 Å². The normalized spacial score (nSPS) is 11.1. The van der Waals surface area contributed by atoms with Crippen LogP contribution in [0.2, 0.25) is 5.02 Å². The lowest BCUT2D eigenvalue weighted by molar-refractivity contribution is 0.554. The van der Waals surface area contributed by atoms with Gasteiger partial charge < -0.3 is 8.82 Å². The maximum Gasteiger partial charge on any atom is 0.169 e. The third-order valence-electron chi connectivity index (χ3n) is 2.26. The number of halogens is 2. The van der Waals surface area contributed by atoms with Crippen molar-refractivity contribution in [2.24, 2.45) is 0 Å². The number of imidazole rings is 1. The van der Waals surface area contributed by atoms with Gasteiger partial charge in [-0.3, -0.25) is 0 Å². The van der Waals surface area contributed by atoms with E-state index in [4.69, 9.17) is 16.0 Å². The largest absolute Gasteiger partial charge is 0.448 e. The summed E-state index contributed by atoms with van der Waals surface area (Å²) in [7, 11) is 0. The van der Waals surface area contributed by atoms with Gasteiger partial charge in [0.1, 0.15) is 5.69 Å². The first-order valence-corrected chi connectivity index (χ1v) is 5.80. The zero-order valence-corrected chi connectivity index (χ0v) is 10.4. The van der Waals surface area contributed by atoms with Crippen molar-refractivity contribution < 1.29 is 4.42 Å². The summed E-state index contributed by atoms with van der Waals surface area (Å²) in [4.78, 5) is 4.41. The standard InChI is InChI=1S/C11H6BrClN2O/c12-10-4-3-9(16-10)8-6-15-5-1-2-7(13)11(15)14-8/h1-6H. The van der Waals surface area contributed by atoms with Crippen LogP contribution >= 0.6 is 27.5 Å². The van der Waals surface area contributed by atoms with Crippen molar-refractivity contribution in [1.82, 2.24) is 9.38 Å². The Kier molecular flexibility index (Phi) is 2.26. The van der Waals surface area contributed by atoms with Crippen LogP contribution in [0.15, 0.2) is 45.7 Å². The number of hydrogen-bond acceptors (Lipinski definition) is 2. The molecule has 3 aromatic rings. The van der Waals surface area contributed by atoms with E-state index in [1.807, 2.05) is 41.1 Å². The molecule has 3 heterocycles. The van der Waals surface area contributed by atoms with Crippen molar-refractivity contribution in [3.8, 4) is 11.5 Å². The number of hydrogen-bond donors (Lipinski definition) is 0. The molecule has 0 saturated carbocycles. The second-order valence-electron chi connectivity index (χ2n) is 3.32. The van der Waals surface area contributed by atoms with Gasteiger partial charge in [0, 0.05) is 12.4 Å². The molecular weight excluding hydrogens is 291 g/mol. The van der Waals surface area contributed by atoms with Gasteiger partial charge in [0.15, 0.2) is 16.1 Å². The Bertz CT molecular complexity index is 659. The summed E-state index contributed by atoms with van der Waals surface area (Å²) in [5.74, 6) is 0.714. The van der Waals surface area contributed by atoms with Crippen LogP contribution in [0.5, 0.6) is 0 Å². The van der Waals surface area contributed by atoms with E-state index >= 15 is 0 Å². The lowest BCUT2D eigenvalue weighted by Gasteiger charge is -1.91. The van der Waals surface area contributed by atoms with E-state index in [1.165, 1.54) is 0 Å². The first kappa shape index (κ1) is 9.93. The first-order valence-electron chi connectivity index (χ1n) is 4.63. The van der Waals surface area contributed by atoms with Gasteiger partial charge in [0.25, 0.3) is 0 Å². The zero-order chi connectivity index (χ0) is 11.1. The maximum absolute atomic E-state index is 6.04. The lowest BCUT2D eigenvalue weighted by Crippen LogP contribution is -1.80. The molecule has 0 aromatic carbocycles. The van der Waals surface area contributed by atoms with Crippen LogP contribution in [-0.4, -0.2) is 9.38 Å². The van der Waals surface area contributed by atoms with E-state index in [2.05, 4.69) is 20.9 Å². The molecule has 3 rings (SSSR count).